The van der Waals surface area contributed by atoms with Crippen LogP contribution in [0.25, 0.3) is 0 Å². The molecular weight excluding hydrogens is 254 g/mol. The molecule has 0 aromatic carbocycles. The second-order valence-electron chi connectivity index (χ2n) is 6.43. The van der Waals surface area contributed by atoms with Gasteiger partial charge in [0, 0.05) is 32.6 Å². The zero-order valence-corrected chi connectivity index (χ0v) is 12.7. The number of nitrogens with zero attached hydrogens (tertiary/aromatic N) is 2. The number of hydrogen-bond donors (Lipinski definition) is 1. The zero-order chi connectivity index (χ0) is 14.5. The third-order valence-electron chi connectivity index (χ3n) is 3.97. The molecule has 2 amide bonds. The predicted octanol–water partition coefficient (Wildman–Crippen LogP) is 0.703. The first kappa shape index (κ1) is 15.3. The second kappa shape index (κ2) is 7.07. The van der Waals surface area contributed by atoms with E-state index in [0.29, 0.717) is 45.1 Å². The van der Waals surface area contributed by atoms with Crippen LogP contribution in [0.2, 0.25) is 0 Å². The third kappa shape index (κ3) is 4.78. The van der Waals surface area contributed by atoms with Gasteiger partial charge in [0.2, 0.25) is 11.8 Å². The standard InChI is InChI=1S/C15H27N3O2/c1-12(2)9-14(19)17-5-7-18(8-6-17)15(20)11-16-10-13-3-4-13/h12-13,16H,3-11H2,1-2H3. The van der Waals surface area contributed by atoms with Crippen LogP contribution in [-0.4, -0.2) is 60.9 Å². The molecule has 5 heteroatoms. The number of piperazine rings is 1. The van der Waals surface area contributed by atoms with Gasteiger partial charge in [-0.15, -0.1) is 0 Å². The third-order valence-corrected chi connectivity index (χ3v) is 3.97. The molecule has 2 aliphatic rings. The first-order valence-corrected chi connectivity index (χ1v) is 7.82. The summed E-state index contributed by atoms with van der Waals surface area (Å²) in [6.45, 7) is 8.24. The Kier molecular flexibility index (Phi) is 5.40. The Morgan fingerprint density at radius 2 is 1.60 bits per heavy atom. The van der Waals surface area contributed by atoms with E-state index in [2.05, 4.69) is 19.2 Å². The number of nitrogens with one attached hydrogen (secondary N) is 1. The van der Waals surface area contributed by atoms with Crippen LogP contribution in [0.5, 0.6) is 0 Å². The summed E-state index contributed by atoms with van der Waals surface area (Å²) in [6, 6.07) is 0. The van der Waals surface area contributed by atoms with E-state index in [9.17, 15) is 9.59 Å². The van der Waals surface area contributed by atoms with E-state index in [-0.39, 0.29) is 11.8 Å². The van der Waals surface area contributed by atoms with Crippen molar-refractivity contribution in [3.8, 4) is 0 Å². The largest absolute Gasteiger partial charge is 0.339 e. The lowest BCUT2D eigenvalue weighted by Gasteiger charge is -2.35. The molecule has 2 rings (SSSR count). The molecule has 5 nitrogen and oxygen atoms in total. The van der Waals surface area contributed by atoms with Crippen molar-refractivity contribution < 1.29 is 9.59 Å². The molecule has 1 aliphatic carbocycles. The van der Waals surface area contributed by atoms with Crippen LogP contribution in [0.4, 0.5) is 0 Å². The lowest BCUT2D eigenvalue weighted by molar-refractivity contribution is -0.139. The van der Waals surface area contributed by atoms with Crippen molar-refractivity contribution in [2.75, 3.05) is 39.3 Å². The van der Waals surface area contributed by atoms with Gasteiger partial charge in [-0.1, -0.05) is 13.8 Å². The van der Waals surface area contributed by atoms with E-state index < -0.39 is 0 Å². The van der Waals surface area contributed by atoms with Crippen molar-refractivity contribution in [3.63, 3.8) is 0 Å². The lowest BCUT2D eigenvalue weighted by atomic mass is 10.1. The van der Waals surface area contributed by atoms with Gasteiger partial charge in [-0.25, -0.2) is 0 Å². The average molecular weight is 281 g/mol. The highest BCUT2D eigenvalue weighted by Crippen LogP contribution is 2.27. The van der Waals surface area contributed by atoms with Crippen molar-refractivity contribution in [2.45, 2.75) is 33.1 Å². The van der Waals surface area contributed by atoms with Crippen molar-refractivity contribution in [2.24, 2.45) is 11.8 Å². The van der Waals surface area contributed by atoms with Crippen LogP contribution < -0.4 is 5.32 Å². The second-order valence-corrected chi connectivity index (χ2v) is 6.43. The Labute approximate surface area is 121 Å². The maximum absolute atomic E-state index is 12.0. The summed E-state index contributed by atoms with van der Waals surface area (Å²) in [5.41, 5.74) is 0. The predicted molar refractivity (Wildman–Crippen MR) is 78.2 cm³/mol. The summed E-state index contributed by atoms with van der Waals surface area (Å²) >= 11 is 0. The molecular formula is C15H27N3O2. The molecule has 2 fully saturated rings. The number of carbonyl (C=O) groups is 2. The van der Waals surface area contributed by atoms with E-state index in [0.717, 1.165) is 12.5 Å². The van der Waals surface area contributed by atoms with Crippen LogP contribution in [0.1, 0.15) is 33.1 Å². The van der Waals surface area contributed by atoms with E-state index >= 15 is 0 Å². The van der Waals surface area contributed by atoms with Gasteiger partial charge < -0.3 is 15.1 Å². The van der Waals surface area contributed by atoms with Crippen molar-refractivity contribution >= 4 is 11.8 Å². The molecule has 0 bridgehead atoms. The van der Waals surface area contributed by atoms with Gasteiger partial charge in [0.15, 0.2) is 0 Å². The summed E-state index contributed by atoms with van der Waals surface area (Å²) in [4.78, 5) is 27.7. The SMILES string of the molecule is CC(C)CC(=O)N1CCN(C(=O)CNCC2CC2)CC1. The molecule has 0 aromatic rings. The van der Waals surface area contributed by atoms with Gasteiger partial charge >= 0.3 is 0 Å². The fraction of sp³-hybridized carbons (Fsp3) is 0.867. The first-order valence-electron chi connectivity index (χ1n) is 7.82. The van der Waals surface area contributed by atoms with Gasteiger partial charge in [-0.05, 0) is 31.2 Å². The molecule has 20 heavy (non-hydrogen) atoms. The Bertz CT molecular complexity index is 345. The minimum Gasteiger partial charge on any atom is -0.339 e. The Morgan fingerprint density at radius 3 is 2.10 bits per heavy atom. The summed E-state index contributed by atoms with van der Waals surface area (Å²) in [6.07, 6.45) is 3.21. The van der Waals surface area contributed by atoms with Crippen molar-refractivity contribution in [1.29, 1.82) is 0 Å². The Balaban J connectivity index is 1.64. The summed E-state index contributed by atoms with van der Waals surface area (Å²) in [7, 11) is 0. The molecule has 114 valence electrons. The molecule has 1 aliphatic heterocycles. The maximum atomic E-state index is 12.0. The highest BCUT2D eigenvalue weighted by Gasteiger charge is 2.25. The average Bonchev–Trinajstić information content (AvgIpc) is 3.22. The molecule has 1 heterocycles. The molecule has 0 unspecified atom stereocenters. The highest BCUT2D eigenvalue weighted by molar-refractivity contribution is 5.79. The van der Waals surface area contributed by atoms with E-state index in [1.165, 1.54) is 12.8 Å². The highest BCUT2D eigenvalue weighted by atomic mass is 16.2. The topological polar surface area (TPSA) is 52.7 Å². The molecule has 0 radical (unpaired) electrons. The Hall–Kier alpha value is -1.10. The maximum Gasteiger partial charge on any atom is 0.236 e. The molecule has 0 atom stereocenters. The summed E-state index contributed by atoms with van der Waals surface area (Å²) in [5.74, 6) is 1.59. The van der Waals surface area contributed by atoms with E-state index in [1.54, 1.807) is 0 Å². The van der Waals surface area contributed by atoms with E-state index in [1.807, 2.05) is 9.80 Å². The van der Waals surface area contributed by atoms with E-state index in [4.69, 9.17) is 0 Å². The zero-order valence-electron chi connectivity index (χ0n) is 12.7. The van der Waals surface area contributed by atoms with Gasteiger partial charge in [-0.3, -0.25) is 9.59 Å². The fourth-order valence-electron chi connectivity index (χ4n) is 2.50. The number of amides is 2. The quantitative estimate of drug-likeness (QED) is 0.780. The normalized spacial score (nSPS) is 19.6. The van der Waals surface area contributed by atoms with Crippen LogP contribution in [0.3, 0.4) is 0 Å². The summed E-state index contributed by atoms with van der Waals surface area (Å²) < 4.78 is 0. The molecule has 1 saturated carbocycles. The van der Waals surface area contributed by atoms with Gasteiger partial charge in [0.25, 0.3) is 0 Å². The van der Waals surface area contributed by atoms with Crippen LogP contribution in [0, 0.1) is 11.8 Å². The fourth-order valence-corrected chi connectivity index (χ4v) is 2.50. The molecule has 0 aromatic heterocycles. The molecule has 1 saturated heterocycles. The number of rotatable bonds is 6. The smallest absolute Gasteiger partial charge is 0.236 e. The first-order chi connectivity index (χ1) is 9.56. The van der Waals surface area contributed by atoms with Gasteiger partial charge in [0.05, 0.1) is 6.54 Å². The van der Waals surface area contributed by atoms with Crippen molar-refractivity contribution in [3.05, 3.63) is 0 Å². The van der Waals surface area contributed by atoms with Crippen LogP contribution in [-0.2, 0) is 9.59 Å². The monoisotopic (exact) mass is 281 g/mol. The van der Waals surface area contributed by atoms with Crippen LogP contribution in [0.15, 0.2) is 0 Å². The Morgan fingerprint density at radius 1 is 1.05 bits per heavy atom. The van der Waals surface area contributed by atoms with Crippen molar-refractivity contribution in [1.82, 2.24) is 15.1 Å². The van der Waals surface area contributed by atoms with Gasteiger partial charge in [-0.2, -0.15) is 0 Å². The number of hydrogen-bond acceptors (Lipinski definition) is 3. The van der Waals surface area contributed by atoms with Gasteiger partial charge in [0.1, 0.15) is 0 Å². The van der Waals surface area contributed by atoms with Crippen LogP contribution >= 0.6 is 0 Å². The molecule has 0 spiro atoms. The lowest BCUT2D eigenvalue weighted by Crippen LogP contribution is -2.52. The minimum atomic E-state index is 0.168. The minimum absolute atomic E-state index is 0.168. The molecule has 1 N–H and O–H groups in total. The number of carbonyl (C=O) groups excluding carboxylic acids is 2. The summed E-state index contributed by atoms with van der Waals surface area (Å²) in [5, 5.41) is 3.23.